The number of aromatic amines is 1. The maximum absolute atomic E-state index is 13.2. The Balaban J connectivity index is 1.39. The van der Waals surface area contributed by atoms with E-state index >= 15 is 0 Å². The topological polar surface area (TPSA) is 95.6 Å². The minimum Gasteiger partial charge on any atom is -0.368 e. The van der Waals surface area contributed by atoms with E-state index in [2.05, 4.69) is 4.98 Å². The second-order valence-corrected chi connectivity index (χ2v) is 8.55. The fraction of sp³-hybridized carbons (Fsp3) is 0.478. The molecule has 1 aromatic carbocycles. The van der Waals surface area contributed by atoms with E-state index in [-0.39, 0.29) is 30.0 Å². The van der Waals surface area contributed by atoms with Gasteiger partial charge < -0.3 is 19.5 Å². The molecule has 2 amide bonds. The Morgan fingerprint density at radius 3 is 2.69 bits per heavy atom. The molecular formula is C23H25FN4O4. The van der Waals surface area contributed by atoms with Gasteiger partial charge in [0.05, 0.1) is 18.3 Å². The lowest BCUT2D eigenvalue weighted by Gasteiger charge is -2.30. The first-order valence-corrected chi connectivity index (χ1v) is 11.1. The molecule has 0 aliphatic carbocycles. The van der Waals surface area contributed by atoms with E-state index in [1.54, 1.807) is 9.80 Å². The van der Waals surface area contributed by atoms with Gasteiger partial charge in [-0.3, -0.25) is 14.4 Å². The van der Waals surface area contributed by atoms with Crippen molar-refractivity contribution in [1.29, 1.82) is 0 Å². The zero-order valence-corrected chi connectivity index (χ0v) is 17.7. The van der Waals surface area contributed by atoms with Gasteiger partial charge in [-0.2, -0.15) is 0 Å². The molecule has 1 N–H and O–H groups in total. The highest BCUT2D eigenvalue weighted by atomic mass is 19.1. The van der Waals surface area contributed by atoms with Gasteiger partial charge in [0, 0.05) is 30.8 Å². The number of hydrogen-bond donors (Lipinski definition) is 1. The van der Waals surface area contributed by atoms with E-state index in [9.17, 15) is 18.8 Å². The van der Waals surface area contributed by atoms with Crippen LogP contribution in [-0.2, 0) is 22.5 Å². The molecule has 168 valence electrons. The number of carbonyl (C=O) groups excluding carboxylic acids is 2. The van der Waals surface area contributed by atoms with Crippen molar-refractivity contribution in [2.24, 2.45) is 0 Å². The molecule has 0 saturated carbocycles. The summed E-state index contributed by atoms with van der Waals surface area (Å²) in [7, 11) is 0. The van der Waals surface area contributed by atoms with Crippen LogP contribution < -0.4 is 5.56 Å². The second kappa shape index (κ2) is 8.46. The van der Waals surface area contributed by atoms with Gasteiger partial charge in [0.1, 0.15) is 17.7 Å². The van der Waals surface area contributed by atoms with Crippen LogP contribution in [0.25, 0.3) is 0 Å². The van der Waals surface area contributed by atoms with Crippen LogP contribution in [0.5, 0.6) is 0 Å². The number of likely N-dealkylation sites (tertiary alicyclic amines) is 1. The summed E-state index contributed by atoms with van der Waals surface area (Å²) in [6.45, 7) is 1.80. The monoisotopic (exact) mass is 440 g/mol. The first-order chi connectivity index (χ1) is 15.5. The van der Waals surface area contributed by atoms with Crippen LogP contribution >= 0.6 is 0 Å². The Morgan fingerprint density at radius 2 is 1.94 bits per heavy atom. The van der Waals surface area contributed by atoms with Crippen molar-refractivity contribution in [3.05, 3.63) is 63.1 Å². The third kappa shape index (κ3) is 3.81. The molecule has 4 heterocycles. The first kappa shape index (κ1) is 20.8. The van der Waals surface area contributed by atoms with Gasteiger partial charge >= 0.3 is 0 Å². The van der Waals surface area contributed by atoms with Gasteiger partial charge in [-0.05, 0) is 56.4 Å². The van der Waals surface area contributed by atoms with E-state index in [0.29, 0.717) is 48.8 Å². The Kier molecular flexibility index (Phi) is 5.50. The van der Waals surface area contributed by atoms with Crippen LogP contribution in [-0.4, -0.2) is 57.4 Å². The number of rotatable bonds is 3. The molecule has 1 aromatic heterocycles. The number of amides is 2. The molecule has 2 unspecified atom stereocenters. The zero-order valence-electron chi connectivity index (χ0n) is 17.7. The number of aromatic nitrogens is 2. The number of nitrogens with one attached hydrogen (secondary N) is 1. The average molecular weight is 440 g/mol. The van der Waals surface area contributed by atoms with E-state index in [0.717, 1.165) is 25.7 Å². The smallest absolute Gasteiger partial charge is 0.254 e. The molecule has 9 heteroatoms. The summed E-state index contributed by atoms with van der Waals surface area (Å²) in [6, 6.07) is 5.12. The lowest BCUT2D eigenvalue weighted by molar-refractivity contribution is -0.142. The average Bonchev–Trinajstić information content (AvgIpc) is 3.51. The Hall–Kier alpha value is -3.07. The molecule has 32 heavy (non-hydrogen) atoms. The molecule has 8 nitrogen and oxygen atoms in total. The van der Waals surface area contributed by atoms with Gasteiger partial charge in [0.15, 0.2) is 0 Å². The summed E-state index contributed by atoms with van der Waals surface area (Å²) < 4.78 is 18.8. The van der Waals surface area contributed by atoms with Crippen molar-refractivity contribution in [3.8, 4) is 0 Å². The summed E-state index contributed by atoms with van der Waals surface area (Å²) in [5.41, 5.74) is 1.31. The number of hydrogen-bond acceptors (Lipinski definition) is 5. The second-order valence-electron chi connectivity index (χ2n) is 8.55. The summed E-state index contributed by atoms with van der Waals surface area (Å²) in [5, 5.41) is 0. The highest BCUT2D eigenvalue weighted by molar-refractivity contribution is 5.94. The Bertz CT molecular complexity index is 1090. The number of fused-ring (bicyclic) bond motifs is 1. The van der Waals surface area contributed by atoms with Gasteiger partial charge in [0.2, 0.25) is 0 Å². The molecule has 0 radical (unpaired) electrons. The molecular weight excluding hydrogens is 415 g/mol. The number of nitrogens with zero attached hydrogens (tertiary/aromatic N) is 3. The van der Waals surface area contributed by atoms with E-state index < -0.39 is 11.9 Å². The van der Waals surface area contributed by atoms with Gasteiger partial charge in [-0.15, -0.1) is 0 Å². The van der Waals surface area contributed by atoms with Crippen molar-refractivity contribution >= 4 is 11.8 Å². The molecule has 5 rings (SSSR count). The Morgan fingerprint density at radius 1 is 1.12 bits per heavy atom. The van der Waals surface area contributed by atoms with E-state index in [1.807, 2.05) is 0 Å². The molecule has 2 fully saturated rings. The molecule has 2 aromatic rings. The van der Waals surface area contributed by atoms with Crippen LogP contribution in [0.15, 0.2) is 29.1 Å². The lowest BCUT2D eigenvalue weighted by Crippen LogP contribution is -2.41. The zero-order chi connectivity index (χ0) is 22.2. The molecule has 0 bridgehead atoms. The third-order valence-electron chi connectivity index (χ3n) is 6.53. The minimum absolute atomic E-state index is 0.0431. The fourth-order valence-corrected chi connectivity index (χ4v) is 4.84. The summed E-state index contributed by atoms with van der Waals surface area (Å²) in [5.74, 6) is -0.204. The number of H-pyrrole nitrogens is 1. The summed E-state index contributed by atoms with van der Waals surface area (Å²) >= 11 is 0. The van der Waals surface area contributed by atoms with E-state index in [1.165, 1.54) is 24.3 Å². The van der Waals surface area contributed by atoms with Crippen LogP contribution in [0, 0.1) is 5.82 Å². The van der Waals surface area contributed by atoms with Gasteiger partial charge in [-0.25, -0.2) is 9.37 Å². The standard InChI is InChI=1S/C23H25FN4O4/c24-15-7-5-14(6-8-15)22(30)27-11-9-16-17(13-27)25-20(26-21(16)29)18-3-1-10-28(18)23(31)19-4-2-12-32-19/h5-8,18-19H,1-4,9-13H2,(H,25,26,29). The maximum Gasteiger partial charge on any atom is 0.254 e. The van der Waals surface area contributed by atoms with Crippen LogP contribution in [0.3, 0.4) is 0 Å². The molecule has 3 aliphatic rings. The molecule has 2 saturated heterocycles. The summed E-state index contributed by atoms with van der Waals surface area (Å²) in [6.07, 6.45) is 3.13. The largest absolute Gasteiger partial charge is 0.368 e. The summed E-state index contributed by atoms with van der Waals surface area (Å²) in [4.78, 5) is 49.6. The number of carbonyl (C=O) groups is 2. The maximum atomic E-state index is 13.2. The van der Waals surface area contributed by atoms with Crippen molar-refractivity contribution in [1.82, 2.24) is 19.8 Å². The van der Waals surface area contributed by atoms with Crippen molar-refractivity contribution in [2.75, 3.05) is 19.7 Å². The van der Waals surface area contributed by atoms with Gasteiger partial charge in [0.25, 0.3) is 17.4 Å². The predicted octanol–water partition coefficient (Wildman–Crippen LogP) is 1.95. The first-order valence-electron chi connectivity index (χ1n) is 11.1. The molecule has 2 atom stereocenters. The molecule has 3 aliphatic heterocycles. The normalized spacial score (nSPS) is 22.8. The highest BCUT2D eigenvalue weighted by Crippen LogP contribution is 2.32. The molecule has 0 spiro atoms. The van der Waals surface area contributed by atoms with Crippen molar-refractivity contribution < 1.29 is 18.7 Å². The highest BCUT2D eigenvalue weighted by Gasteiger charge is 2.37. The van der Waals surface area contributed by atoms with Crippen molar-refractivity contribution in [3.63, 3.8) is 0 Å². The number of benzene rings is 1. The third-order valence-corrected chi connectivity index (χ3v) is 6.53. The number of halogens is 1. The van der Waals surface area contributed by atoms with Crippen LogP contribution in [0.4, 0.5) is 4.39 Å². The number of ether oxygens (including phenoxy) is 1. The van der Waals surface area contributed by atoms with Crippen LogP contribution in [0.2, 0.25) is 0 Å². The van der Waals surface area contributed by atoms with Crippen LogP contribution in [0.1, 0.15) is 59.2 Å². The lowest BCUT2D eigenvalue weighted by atomic mass is 10.0. The van der Waals surface area contributed by atoms with Crippen molar-refractivity contribution in [2.45, 2.75) is 50.8 Å². The van der Waals surface area contributed by atoms with Gasteiger partial charge in [-0.1, -0.05) is 0 Å². The predicted molar refractivity (Wildman–Crippen MR) is 112 cm³/mol. The fourth-order valence-electron chi connectivity index (χ4n) is 4.84. The quantitative estimate of drug-likeness (QED) is 0.787. The van der Waals surface area contributed by atoms with E-state index in [4.69, 9.17) is 9.72 Å². The Labute approximate surface area is 184 Å². The SMILES string of the molecule is O=C(c1ccc(F)cc1)N1CCc2c(nc(C3CCCN3C(=O)C3CCCO3)[nH]c2=O)C1. The minimum atomic E-state index is -0.413.